The van der Waals surface area contributed by atoms with Crippen LogP contribution in [0.15, 0.2) is 47.8 Å². The summed E-state index contributed by atoms with van der Waals surface area (Å²) in [6, 6.07) is 13.7. The molecule has 1 saturated heterocycles. The molecule has 1 aromatic carbocycles. The van der Waals surface area contributed by atoms with Gasteiger partial charge in [0.1, 0.15) is 0 Å². The zero-order valence-electron chi connectivity index (χ0n) is 18.0. The molecule has 1 aromatic heterocycles. The van der Waals surface area contributed by atoms with Gasteiger partial charge in [0.05, 0.1) is 32.1 Å². The molecule has 0 saturated carbocycles. The van der Waals surface area contributed by atoms with Crippen molar-refractivity contribution in [1.82, 2.24) is 14.1 Å². The molecule has 0 aliphatic carbocycles. The first-order valence-corrected chi connectivity index (χ1v) is 13.1. The molecule has 9 heteroatoms. The predicted octanol–water partition coefficient (Wildman–Crippen LogP) is 2.26. The third-order valence-electron chi connectivity index (χ3n) is 5.33. The van der Waals surface area contributed by atoms with E-state index < -0.39 is 10.0 Å². The van der Waals surface area contributed by atoms with Gasteiger partial charge >= 0.3 is 0 Å². The summed E-state index contributed by atoms with van der Waals surface area (Å²) < 4.78 is 32.1. The van der Waals surface area contributed by atoms with Crippen LogP contribution in [-0.4, -0.2) is 80.1 Å². The Labute approximate surface area is 189 Å². The van der Waals surface area contributed by atoms with Crippen LogP contribution in [0.3, 0.4) is 0 Å². The molecule has 170 valence electrons. The van der Waals surface area contributed by atoms with E-state index in [4.69, 9.17) is 4.74 Å². The maximum Gasteiger partial charge on any atom is 0.238 e. The van der Waals surface area contributed by atoms with Crippen molar-refractivity contribution in [1.29, 1.82) is 0 Å². The summed E-state index contributed by atoms with van der Waals surface area (Å²) in [5.41, 5.74) is 1.02. The van der Waals surface area contributed by atoms with Gasteiger partial charge < -0.3 is 9.64 Å². The van der Waals surface area contributed by atoms with E-state index in [0.29, 0.717) is 39.4 Å². The average molecular weight is 466 g/mol. The van der Waals surface area contributed by atoms with Crippen LogP contribution in [0.25, 0.3) is 0 Å². The Morgan fingerprint density at radius 1 is 1.10 bits per heavy atom. The van der Waals surface area contributed by atoms with Gasteiger partial charge in [-0.05, 0) is 23.9 Å². The lowest BCUT2D eigenvalue weighted by molar-refractivity contribution is -0.132. The standard InChI is InChI=1S/C22H31N3O4S2/c1-2-31(27,28)25(11-10-23-12-14-29-15-13-23)19-22(26)24(18-21-9-6-16-30-21)17-20-7-4-3-5-8-20/h3-9,16H,2,10-15,17-19H2,1H3. The quantitative estimate of drug-likeness (QED) is 0.509. The molecular formula is C22H31N3O4S2. The molecule has 7 nitrogen and oxygen atoms in total. The van der Waals surface area contributed by atoms with E-state index in [9.17, 15) is 13.2 Å². The molecule has 0 atom stereocenters. The van der Waals surface area contributed by atoms with Crippen molar-refractivity contribution >= 4 is 27.3 Å². The lowest BCUT2D eigenvalue weighted by atomic mass is 10.2. The van der Waals surface area contributed by atoms with Crippen molar-refractivity contribution < 1.29 is 17.9 Å². The molecule has 2 heterocycles. The van der Waals surface area contributed by atoms with Gasteiger partial charge in [-0.1, -0.05) is 36.4 Å². The van der Waals surface area contributed by atoms with Crippen molar-refractivity contribution in [2.75, 3.05) is 51.7 Å². The van der Waals surface area contributed by atoms with Crippen molar-refractivity contribution in [2.45, 2.75) is 20.0 Å². The molecule has 0 radical (unpaired) electrons. The number of benzene rings is 1. The van der Waals surface area contributed by atoms with Gasteiger partial charge in [0, 0.05) is 37.6 Å². The Morgan fingerprint density at radius 2 is 1.84 bits per heavy atom. The monoisotopic (exact) mass is 465 g/mol. The van der Waals surface area contributed by atoms with E-state index in [-0.39, 0.29) is 18.2 Å². The summed E-state index contributed by atoms with van der Waals surface area (Å²) in [6.45, 7) is 6.18. The van der Waals surface area contributed by atoms with E-state index in [2.05, 4.69) is 4.90 Å². The van der Waals surface area contributed by atoms with Gasteiger partial charge in [-0.3, -0.25) is 9.69 Å². The maximum atomic E-state index is 13.3. The SMILES string of the molecule is CCS(=O)(=O)N(CCN1CCOCC1)CC(=O)N(Cc1ccccc1)Cc1cccs1. The summed E-state index contributed by atoms with van der Waals surface area (Å²) in [7, 11) is -3.49. The maximum absolute atomic E-state index is 13.3. The second kappa shape index (κ2) is 11.7. The summed E-state index contributed by atoms with van der Waals surface area (Å²) in [5, 5.41) is 1.98. The molecule has 3 rings (SSSR count). The zero-order chi connectivity index (χ0) is 22.1. The minimum atomic E-state index is -3.49. The van der Waals surface area contributed by atoms with Gasteiger partial charge in [0.25, 0.3) is 0 Å². The predicted molar refractivity (Wildman–Crippen MR) is 123 cm³/mol. The van der Waals surface area contributed by atoms with Crippen LogP contribution in [0.2, 0.25) is 0 Å². The highest BCUT2D eigenvalue weighted by molar-refractivity contribution is 7.89. The van der Waals surface area contributed by atoms with Gasteiger partial charge in [-0.25, -0.2) is 8.42 Å². The highest BCUT2D eigenvalue weighted by atomic mass is 32.2. The van der Waals surface area contributed by atoms with Crippen LogP contribution in [0.4, 0.5) is 0 Å². The van der Waals surface area contributed by atoms with Gasteiger partial charge in [0.15, 0.2) is 0 Å². The Bertz CT molecular complexity index is 898. The van der Waals surface area contributed by atoms with Crippen molar-refractivity contribution in [3.05, 3.63) is 58.3 Å². The summed E-state index contributed by atoms with van der Waals surface area (Å²) >= 11 is 1.59. The van der Waals surface area contributed by atoms with Crippen molar-refractivity contribution in [3.63, 3.8) is 0 Å². The highest BCUT2D eigenvalue weighted by Gasteiger charge is 2.26. The molecule has 0 unspecified atom stereocenters. The summed E-state index contributed by atoms with van der Waals surface area (Å²) in [4.78, 5) is 18.3. The first-order valence-electron chi connectivity index (χ1n) is 10.6. The number of thiophene rings is 1. The van der Waals surface area contributed by atoms with Crippen molar-refractivity contribution in [3.8, 4) is 0 Å². The highest BCUT2D eigenvalue weighted by Crippen LogP contribution is 2.16. The lowest BCUT2D eigenvalue weighted by Crippen LogP contribution is -2.47. The minimum absolute atomic E-state index is 0.0208. The number of sulfonamides is 1. The van der Waals surface area contributed by atoms with Crippen molar-refractivity contribution in [2.24, 2.45) is 0 Å². The number of nitrogens with zero attached hydrogens (tertiary/aromatic N) is 3. The smallest absolute Gasteiger partial charge is 0.238 e. The van der Waals surface area contributed by atoms with E-state index >= 15 is 0 Å². The average Bonchev–Trinajstić information content (AvgIpc) is 3.30. The van der Waals surface area contributed by atoms with E-state index in [1.165, 1.54) is 4.31 Å². The number of hydrogen-bond acceptors (Lipinski definition) is 6. The molecule has 2 aromatic rings. The number of carbonyl (C=O) groups is 1. The van der Waals surface area contributed by atoms with Gasteiger partial charge in [0.2, 0.25) is 15.9 Å². The van der Waals surface area contributed by atoms with Crippen LogP contribution < -0.4 is 0 Å². The van der Waals surface area contributed by atoms with E-state index in [1.807, 2.05) is 47.8 Å². The molecule has 1 aliphatic rings. The van der Waals surface area contributed by atoms with Gasteiger partial charge in [-0.15, -0.1) is 11.3 Å². The van der Waals surface area contributed by atoms with Crippen LogP contribution in [-0.2, 0) is 32.6 Å². The number of amides is 1. The summed E-state index contributed by atoms with van der Waals surface area (Å²) in [5.74, 6) is -0.205. The fourth-order valence-electron chi connectivity index (χ4n) is 3.45. The largest absolute Gasteiger partial charge is 0.379 e. The fraction of sp³-hybridized carbons (Fsp3) is 0.500. The third kappa shape index (κ3) is 7.40. The van der Waals surface area contributed by atoms with Crippen LogP contribution >= 0.6 is 11.3 Å². The number of carbonyl (C=O) groups excluding carboxylic acids is 1. The molecule has 1 fully saturated rings. The lowest BCUT2D eigenvalue weighted by Gasteiger charge is -2.30. The fourth-order valence-corrected chi connectivity index (χ4v) is 5.21. The molecule has 0 bridgehead atoms. The topological polar surface area (TPSA) is 70.2 Å². The Hall–Kier alpha value is -1.78. The Balaban J connectivity index is 1.71. The molecular weight excluding hydrogens is 434 g/mol. The Kier molecular flexibility index (Phi) is 9.03. The third-order valence-corrected chi connectivity index (χ3v) is 8.02. The Morgan fingerprint density at radius 3 is 2.48 bits per heavy atom. The van der Waals surface area contributed by atoms with Crippen LogP contribution in [0.1, 0.15) is 17.4 Å². The second-order valence-electron chi connectivity index (χ2n) is 7.50. The van der Waals surface area contributed by atoms with Crippen LogP contribution in [0, 0.1) is 0 Å². The second-order valence-corrected chi connectivity index (χ2v) is 10.8. The molecule has 1 aliphatic heterocycles. The van der Waals surface area contributed by atoms with E-state index in [0.717, 1.165) is 23.5 Å². The number of rotatable bonds is 11. The molecule has 0 N–H and O–H groups in total. The molecule has 31 heavy (non-hydrogen) atoms. The molecule has 1 amide bonds. The van der Waals surface area contributed by atoms with Crippen LogP contribution in [0.5, 0.6) is 0 Å². The first-order chi connectivity index (χ1) is 15.0. The zero-order valence-corrected chi connectivity index (χ0v) is 19.6. The minimum Gasteiger partial charge on any atom is -0.379 e. The molecule has 0 spiro atoms. The number of morpholine rings is 1. The first kappa shape index (κ1) is 23.9. The number of ether oxygens (including phenoxy) is 1. The summed E-state index contributed by atoms with van der Waals surface area (Å²) in [6.07, 6.45) is 0. The van der Waals surface area contributed by atoms with E-state index in [1.54, 1.807) is 23.2 Å². The number of hydrogen-bond donors (Lipinski definition) is 0. The normalized spacial score (nSPS) is 15.3. The van der Waals surface area contributed by atoms with Gasteiger partial charge in [-0.2, -0.15) is 4.31 Å².